The fourth-order valence-corrected chi connectivity index (χ4v) is 2.95. The Hall–Kier alpha value is -1.59. The van der Waals surface area contributed by atoms with Gasteiger partial charge in [0.2, 0.25) is 0 Å². The minimum atomic E-state index is -0.417. The smallest absolute Gasteiger partial charge is 0.320 e. The summed E-state index contributed by atoms with van der Waals surface area (Å²) in [5.41, 5.74) is 2.19. The number of rotatable bonds is 6. The average molecular weight is 334 g/mol. The van der Waals surface area contributed by atoms with E-state index in [1.165, 1.54) is 11.3 Å². The first kappa shape index (κ1) is 18.7. The van der Waals surface area contributed by atoms with Gasteiger partial charge in [-0.3, -0.25) is 9.69 Å². The van der Waals surface area contributed by atoms with Gasteiger partial charge in [0.05, 0.1) is 13.2 Å². The SMILES string of the molecule is COCCc1ccccc1N1CCN(CC(=O)OC(C)(C)C)CC1. The largest absolute Gasteiger partial charge is 0.459 e. The predicted molar refractivity (Wildman–Crippen MR) is 96.5 cm³/mol. The molecule has 1 aliphatic heterocycles. The molecule has 0 amide bonds. The molecule has 24 heavy (non-hydrogen) atoms. The normalized spacial score (nSPS) is 16.2. The lowest BCUT2D eigenvalue weighted by atomic mass is 10.1. The first-order chi connectivity index (χ1) is 11.4. The van der Waals surface area contributed by atoms with Gasteiger partial charge in [0.1, 0.15) is 5.60 Å². The van der Waals surface area contributed by atoms with Crippen LogP contribution in [0.3, 0.4) is 0 Å². The summed E-state index contributed by atoms with van der Waals surface area (Å²) >= 11 is 0. The lowest BCUT2D eigenvalue weighted by molar-refractivity contribution is -0.156. The number of hydrogen-bond donors (Lipinski definition) is 0. The molecule has 1 aliphatic rings. The number of benzene rings is 1. The number of para-hydroxylation sites is 1. The van der Waals surface area contributed by atoms with Crippen LogP contribution >= 0.6 is 0 Å². The van der Waals surface area contributed by atoms with Crippen molar-refractivity contribution in [3.05, 3.63) is 29.8 Å². The number of esters is 1. The average Bonchev–Trinajstić information content (AvgIpc) is 2.52. The Kier molecular flexibility index (Phi) is 6.63. The van der Waals surface area contributed by atoms with E-state index in [4.69, 9.17) is 9.47 Å². The summed E-state index contributed by atoms with van der Waals surface area (Å²) in [5.74, 6) is -0.142. The van der Waals surface area contributed by atoms with Crippen molar-refractivity contribution >= 4 is 11.7 Å². The topological polar surface area (TPSA) is 42.0 Å². The fourth-order valence-electron chi connectivity index (χ4n) is 2.95. The van der Waals surface area contributed by atoms with Crippen LogP contribution in [0.1, 0.15) is 26.3 Å². The summed E-state index contributed by atoms with van der Waals surface area (Å²) in [4.78, 5) is 16.5. The lowest BCUT2D eigenvalue weighted by Gasteiger charge is -2.37. The highest BCUT2D eigenvalue weighted by Gasteiger charge is 2.23. The Labute approximate surface area is 145 Å². The minimum absolute atomic E-state index is 0.142. The van der Waals surface area contributed by atoms with Crippen LogP contribution in [0.5, 0.6) is 0 Å². The third-order valence-electron chi connectivity index (χ3n) is 4.05. The summed E-state index contributed by atoms with van der Waals surface area (Å²) in [6.45, 7) is 10.4. The van der Waals surface area contributed by atoms with E-state index in [-0.39, 0.29) is 5.97 Å². The lowest BCUT2D eigenvalue weighted by Crippen LogP contribution is -2.49. The van der Waals surface area contributed by atoms with Gasteiger partial charge in [0, 0.05) is 39.0 Å². The van der Waals surface area contributed by atoms with E-state index in [1.54, 1.807) is 7.11 Å². The Morgan fingerprint density at radius 2 is 1.79 bits per heavy atom. The molecule has 2 rings (SSSR count). The molecular formula is C19H30N2O3. The molecule has 0 unspecified atom stereocenters. The van der Waals surface area contributed by atoms with E-state index in [9.17, 15) is 4.79 Å². The van der Waals surface area contributed by atoms with Crippen molar-refractivity contribution in [2.24, 2.45) is 0 Å². The molecule has 0 aromatic heterocycles. The van der Waals surface area contributed by atoms with Gasteiger partial charge >= 0.3 is 5.97 Å². The molecule has 5 heteroatoms. The Balaban J connectivity index is 1.88. The number of ether oxygens (including phenoxy) is 2. The number of nitrogens with zero attached hydrogens (tertiary/aromatic N) is 2. The number of hydrogen-bond acceptors (Lipinski definition) is 5. The van der Waals surface area contributed by atoms with Crippen LogP contribution in [-0.4, -0.2) is 62.9 Å². The zero-order chi connectivity index (χ0) is 17.6. The Morgan fingerprint density at radius 1 is 1.12 bits per heavy atom. The summed E-state index contributed by atoms with van der Waals surface area (Å²) in [6, 6.07) is 8.50. The number of piperazine rings is 1. The first-order valence-electron chi connectivity index (χ1n) is 8.65. The van der Waals surface area contributed by atoms with Gasteiger partial charge in [-0.05, 0) is 38.8 Å². The van der Waals surface area contributed by atoms with E-state index in [0.717, 1.165) is 39.2 Å². The summed E-state index contributed by atoms with van der Waals surface area (Å²) in [5, 5.41) is 0. The molecule has 0 N–H and O–H groups in total. The number of carbonyl (C=O) groups is 1. The maximum atomic E-state index is 12.0. The molecule has 1 aromatic rings. The van der Waals surface area contributed by atoms with E-state index < -0.39 is 5.60 Å². The van der Waals surface area contributed by atoms with Gasteiger partial charge in [-0.15, -0.1) is 0 Å². The second-order valence-corrected chi connectivity index (χ2v) is 7.22. The van der Waals surface area contributed by atoms with Crippen LogP contribution < -0.4 is 4.90 Å². The summed E-state index contributed by atoms with van der Waals surface area (Å²) in [7, 11) is 1.73. The molecular weight excluding hydrogens is 304 g/mol. The molecule has 0 aliphatic carbocycles. The summed E-state index contributed by atoms with van der Waals surface area (Å²) < 4.78 is 10.6. The van der Waals surface area contributed by atoms with Crippen molar-refractivity contribution in [1.29, 1.82) is 0 Å². The van der Waals surface area contributed by atoms with Crippen molar-refractivity contribution in [1.82, 2.24) is 4.90 Å². The molecule has 0 radical (unpaired) electrons. The number of carbonyl (C=O) groups excluding carboxylic acids is 1. The van der Waals surface area contributed by atoms with Crippen molar-refractivity contribution in [3.8, 4) is 0 Å². The van der Waals surface area contributed by atoms with Crippen LogP contribution in [0.25, 0.3) is 0 Å². The third-order valence-corrected chi connectivity index (χ3v) is 4.05. The zero-order valence-corrected chi connectivity index (χ0v) is 15.4. The quantitative estimate of drug-likeness (QED) is 0.747. The molecule has 0 saturated carbocycles. The molecule has 1 saturated heterocycles. The van der Waals surface area contributed by atoms with Gasteiger partial charge in [0.15, 0.2) is 0 Å². The van der Waals surface area contributed by atoms with Crippen LogP contribution in [-0.2, 0) is 20.7 Å². The zero-order valence-electron chi connectivity index (χ0n) is 15.4. The van der Waals surface area contributed by atoms with Gasteiger partial charge in [-0.2, -0.15) is 0 Å². The molecule has 0 atom stereocenters. The summed E-state index contributed by atoms with van der Waals surface area (Å²) in [6.07, 6.45) is 0.921. The van der Waals surface area contributed by atoms with Gasteiger partial charge in [0.25, 0.3) is 0 Å². The van der Waals surface area contributed by atoms with Gasteiger partial charge in [-0.1, -0.05) is 18.2 Å². The van der Waals surface area contributed by atoms with Crippen molar-refractivity contribution in [2.75, 3.05) is 51.3 Å². The van der Waals surface area contributed by atoms with Crippen LogP contribution in [0, 0.1) is 0 Å². The molecule has 1 heterocycles. The van der Waals surface area contributed by atoms with E-state index in [1.807, 2.05) is 20.8 Å². The molecule has 0 bridgehead atoms. The standard InChI is InChI=1S/C19H30N2O3/c1-19(2,3)24-18(22)15-20-10-12-21(13-11-20)17-8-6-5-7-16(17)9-14-23-4/h5-8H,9-15H2,1-4H3. The second-order valence-electron chi connectivity index (χ2n) is 7.22. The van der Waals surface area contributed by atoms with E-state index >= 15 is 0 Å². The monoisotopic (exact) mass is 334 g/mol. The van der Waals surface area contributed by atoms with Crippen LogP contribution in [0.15, 0.2) is 24.3 Å². The Morgan fingerprint density at radius 3 is 2.42 bits per heavy atom. The maximum absolute atomic E-state index is 12.0. The number of methoxy groups -OCH3 is 1. The van der Waals surface area contributed by atoms with Crippen molar-refractivity contribution in [2.45, 2.75) is 32.8 Å². The minimum Gasteiger partial charge on any atom is -0.459 e. The first-order valence-corrected chi connectivity index (χ1v) is 8.65. The highest BCUT2D eigenvalue weighted by molar-refractivity contribution is 5.72. The molecule has 1 aromatic carbocycles. The number of anilines is 1. The Bertz CT molecular complexity index is 532. The van der Waals surface area contributed by atoms with Crippen molar-refractivity contribution in [3.63, 3.8) is 0 Å². The molecule has 134 valence electrons. The van der Waals surface area contributed by atoms with Crippen LogP contribution in [0.4, 0.5) is 5.69 Å². The van der Waals surface area contributed by atoms with Crippen molar-refractivity contribution < 1.29 is 14.3 Å². The molecule has 0 spiro atoms. The van der Waals surface area contributed by atoms with Gasteiger partial charge < -0.3 is 14.4 Å². The van der Waals surface area contributed by atoms with Gasteiger partial charge in [-0.25, -0.2) is 0 Å². The van der Waals surface area contributed by atoms with Crippen LogP contribution in [0.2, 0.25) is 0 Å². The molecule has 5 nitrogen and oxygen atoms in total. The third kappa shape index (κ3) is 5.80. The highest BCUT2D eigenvalue weighted by Crippen LogP contribution is 2.22. The second kappa shape index (κ2) is 8.49. The van der Waals surface area contributed by atoms with E-state index in [0.29, 0.717) is 6.54 Å². The molecule has 1 fully saturated rings. The van der Waals surface area contributed by atoms with E-state index in [2.05, 4.69) is 34.1 Å². The fraction of sp³-hybridized carbons (Fsp3) is 0.632. The maximum Gasteiger partial charge on any atom is 0.320 e. The highest BCUT2D eigenvalue weighted by atomic mass is 16.6. The predicted octanol–water partition coefficient (Wildman–Crippen LogP) is 2.34.